The van der Waals surface area contributed by atoms with Crippen LogP contribution in [-0.4, -0.2) is 18.2 Å². The summed E-state index contributed by atoms with van der Waals surface area (Å²) >= 11 is 0. The number of hydrogen-bond donors (Lipinski definition) is 0. The van der Waals surface area contributed by atoms with E-state index in [1.165, 1.54) is 18.5 Å². The summed E-state index contributed by atoms with van der Waals surface area (Å²) in [5, 5.41) is 4.04. The molecule has 0 aliphatic carbocycles. The van der Waals surface area contributed by atoms with Crippen molar-refractivity contribution in [2.24, 2.45) is 0 Å². The Hall–Kier alpha value is -1.69. The van der Waals surface area contributed by atoms with E-state index in [2.05, 4.69) is 5.10 Å². The molecule has 0 atom stereocenters. The zero-order valence-electron chi connectivity index (χ0n) is 9.38. The average Bonchev–Trinajstić information content (AvgIpc) is 2.54. The normalized spacial score (nSPS) is 11.7. The molecule has 4 nitrogen and oxygen atoms in total. The Morgan fingerprint density at radius 1 is 1.18 bits per heavy atom. The van der Waals surface area contributed by atoms with E-state index in [0.29, 0.717) is 5.69 Å². The molecule has 6 heteroatoms. The monoisotopic (exact) mass is 254 g/mol. The number of aryl methyl sites for hydroxylation is 1. The highest BCUT2D eigenvalue weighted by molar-refractivity contribution is 7.86. The Balaban J connectivity index is 2.69. The second-order valence-electron chi connectivity index (χ2n) is 3.69. The molecular weight excluding hydrogens is 243 g/mol. The molecule has 0 spiro atoms. The third-order valence-electron chi connectivity index (χ3n) is 2.47. The van der Waals surface area contributed by atoms with Crippen LogP contribution in [0.5, 0.6) is 0 Å². The van der Waals surface area contributed by atoms with Crippen LogP contribution in [-0.2, 0) is 10.2 Å². The Bertz CT molecular complexity index is 648. The van der Waals surface area contributed by atoms with E-state index in [9.17, 15) is 12.3 Å². The summed E-state index contributed by atoms with van der Waals surface area (Å²) in [6.45, 7) is 3.00. The molecule has 1 aromatic heterocycles. The number of para-hydroxylation sites is 1. The lowest BCUT2D eigenvalue weighted by Gasteiger charge is -2.03. The van der Waals surface area contributed by atoms with Crippen LogP contribution in [0.25, 0.3) is 5.69 Å². The zero-order chi connectivity index (χ0) is 12.6. The van der Waals surface area contributed by atoms with Gasteiger partial charge in [0.2, 0.25) is 0 Å². The second kappa shape index (κ2) is 3.96. The number of aromatic nitrogens is 2. The standard InChI is InChI=1S/C11H11FN2O2S/c1-8-11(17(12,15)16)9(2)14(13-8)10-6-4-3-5-7-10/h3-7H,1-2H3. The molecule has 1 aromatic carbocycles. The van der Waals surface area contributed by atoms with E-state index in [4.69, 9.17) is 0 Å². The smallest absolute Gasteiger partial charge is 0.236 e. The predicted molar refractivity (Wildman–Crippen MR) is 61.3 cm³/mol. The number of rotatable bonds is 2. The lowest BCUT2D eigenvalue weighted by molar-refractivity contribution is 0.550. The largest absolute Gasteiger partial charge is 0.335 e. The topological polar surface area (TPSA) is 52.0 Å². The van der Waals surface area contributed by atoms with Crippen LogP contribution in [0.4, 0.5) is 3.89 Å². The number of benzene rings is 1. The van der Waals surface area contributed by atoms with Crippen LogP contribution in [0, 0.1) is 13.8 Å². The van der Waals surface area contributed by atoms with Crippen molar-refractivity contribution in [3.63, 3.8) is 0 Å². The molecule has 0 N–H and O–H groups in total. The zero-order valence-corrected chi connectivity index (χ0v) is 10.2. The molecule has 0 amide bonds. The first-order chi connectivity index (χ1) is 7.91. The highest BCUT2D eigenvalue weighted by atomic mass is 32.3. The van der Waals surface area contributed by atoms with E-state index in [-0.39, 0.29) is 16.3 Å². The minimum atomic E-state index is -4.73. The van der Waals surface area contributed by atoms with Crippen LogP contribution in [0.1, 0.15) is 11.4 Å². The molecule has 0 aliphatic heterocycles. The first-order valence-corrected chi connectivity index (χ1v) is 6.36. The van der Waals surface area contributed by atoms with Gasteiger partial charge in [-0.25, -0.2) is 4.68 Å². The van der Waals surface area contributed by atoms with Crippen molar-refractivity contribution >= 4 is 10.2 Å². The molecular formula is C11H11FN2O2S. The SMILES string of the molecule is Cc1nn(-c2ccccc2)c(C)c1S(=O)(=O)F. The molecule has 0 aliphatic rings. The first kappa shape index (κ1) is 11.8. The molecule has 0 fully saturated rings. The summed E-state index contributed by atoms with van der Waals surface area (Å²) in [6, 6.07) is 8.98. The van der Waals surface area contributed by atoms with Gasteiger partial charge in [-0.1, -0.05) is 18.2 Å². The van der Waals surface area contributed by atoms with Crippen molar-refractivity contribution in [2.45, 2.75) is 18.7 Å². The summed E-state index contributed by atoms with van der Waals surface area (Å²) in [7, 11) is -4.73. The minimum absolute atomic E-state index is 0.161. The van der Waals surface area contributed by atoms with Crippen molar-refractivity contribution in [1.82, 2.24) is 9.78 Å². The summed E-state index contributed by atoms with van der Waals surface area (Å²) in [5.74, 6) is 0. The van der Waals surface area contributed by atoms with Crippen LogP contribution < -0.4 is 0 Å². The molecule has 0 bridgehead atoms. The summed E-state index contributed by atoms with van der Waals surface area (Å²) in [6.07, 6.45) is 0. The molecule has 1 heterocycles. The Morgan fingerprint density at radius 3 is 2.24 bits per heavy atom. The molecule has 0 radical (unpaired) electrons. The van der Waals surface area contributed by atoms with Crippen molar-refractivity contribution < 1.29 is 12.3 Å². The first-order valence-electron chi connectivity index (χ1n) is 4.97. The average molecular weight is 254 g/mol. The van der Waals surface area contributed by atoms with Crippen LogP contribution in [0.3, 0.4) is 0 Å². The fourth-order valence-corrected chi connectivity index (χ4v) is 2.63. The van der Waals surface area contributed by atoms with E-state index in [1.807, 2.05) is 6.07 Å². The quantitative estimate of drug-likeness (QED) is 0.771. The minimum Gasteiger partial charge on any atom is -0.236 e. The molecule has 0 saturated carbocycles. The van der Waals surface area contributed by atoms with Crippen LogP contribution in [0.2, 0.25) is 0 Å². The summed E-state index contributed by atoms with van der Waals surface area (Å²) in [4.78, 5) is -0.346. The van der Waals surface area contributed by atoms with Crippen molar-refractivity contribution in [3.8, 4) is 5.69 Å². The third-order valence-corrected chi connectivity index (χ3v) is 3.55. The molecule has 90 valence electrons. The molecule has 0 unspecified atom stereocenters. The molecule has 17 heavy (non-hydrogen) atoms. The summed E-state index contributed by atoms with van der Waals surface area (Å²) in [5.41, 5.74) is 1.13. The van der Waals surface area contributed by atoms with E-state index < -0.39 is 10.2 Å². The highest BCUT2D eigenvalue weighted by Gasteiger charge is 2.24. The van der Waals surface area contributed by atoms with E-state index in [1.54, 1.807) is 24.3 Å². The van der Waals surface area contributed by atoms with Crippen LogP contribution >= 0.6 is 0 Å². The van der Waals surface area contributed by atoms with Crippen molar-refractivity contribution in [1.29, 1.82) is 0 Å². The van der Waals surface area contributed by atoms with Gasteiger partial charge in [0.05, 0.1) is 17.1 Å². The van der Waals surface area contributed by atoms with Crippen LogP contribution in [0.15, 0.2) is 35.2 Å². The Kier molecular flexibility index (Phi) is 2.74. The fourth-order valence-electron chi connectivity index (χ4n) is 1.80. The lowest BCUT2D eigenvalue weighted by Crippen LogP contribution is -2.00. The number of nitrogens with zero attached hydrogens (tertiary/aromatic N) is 2. The fraction of sp³-hybridized carbons (Fsp3) is 0.182. The van der Waals surface area contributed by atoms with Gasteiger partial charge in [0.15, 0.2) is 0 Å². The van der Waals surface area contributed by atoms with Gasteiger partial charge in [-0.15, -0.1) is 3.89 Å². The molecule has 2 rings (SSSR count). The van der Waals surface area contributed by atoms with Gasteiger partial charge in [0.25, 0.3) is 0 Å². The maximum Gasteiger partial charge on any atom is 0.335 e. The Labute approximate surface area is 98.9 Å². The predicted octanol–water partition coefficient (Wildman–Crippen LogP) is 2.15. The maximum absolute atomic E-state index is 13.1. The van der Waals surface area contributed by atoms with Gasteiger partial charge in [-0.2, -0.15) is 13.5 Å². The highest BCUT2D eigenvalue weighted by Crippen LogP contribution is 2.23. The maximum atomic E-state index is 13.1. The Morgan fingerprint density at radius 2 is 1.76 bits per heavy atom. The van der Waals surface area contributed by atoms with Gasteiger partial charge in [0, 0.05) is 0 Å². The van der Waals surface area contributed by atoms with Gasteiger partial charge in [-0.3, -0.25) is 0 Å². The molecule has 2 aromatic rings. The van der Waals surface area contributed by atoms with E-state index in [0.717, 1.165) is 0 Å². The molecule has 0 saturated heterocycles. The van der Waals surface area contributed by atoms with Gasteiger partial charge in [-0.05, 0) is 26.0 Å². The number of hydrogen-bond acceptors (Lipinski definition) is 3. The summed E-state index contributed by atoms with van der Waals surface area (Å²) < 4.78 is 36.5. The van der Waals surface area contributed by atoms with E-state index >= 15 is 0 Å². The van der Waals surface area contributed by atoms with Gasteiger partial charge >= 0.3 is 10.2 Å². The number of halogens is 1. The second-order valence-corrected chi connectivity index (χ2v) is 4.97. The van der Waals surface area contributed by atoms with Crippen molar-refractivity contribution in [2.75, 3.05) is 0 Å². The van der Waals surface area contributed by atoms with Crippen molar-refractivity contribution in [3.05, 3.63) is 41.7 Å². The van der Waals surface area contributed by atoms with Gasteiger partial charge in [0.1, 0.15) is 4.90 Å². The lowest BCUT2D eigenvalue weighted by atomic mass is 10.3. The third kappa shape index (κ3) is 2.08. The van der Waals surface area contributed by atoms with Gasteiger partial charge < -0.3 is 0 Å².